The highest BCUT2D eigenvalue weighted by Crippen LogP contribution is 2.31. The molecule has 0 bridgehead atoms. The molecule has 126 valence electrons. The van der Waals surface area contributed by atoms with Gasteiger partial charge in [-0.1, -0.05) is 44.2 Å². The quantitative estimate of drug-likeness (QED) is 0.830. The maximum atomic E-state index is 13.2. The van der Waals surface area contributed by atoms with Gasteiger partial charge in [0.1, 0.15) is 0 Å². The Bertz CT molecular complexity index is 516. The number of ether oxygens (including phenoxy) is 1. The Morgan fingerprint density at radius 1 is 1.30 bits per heavy atom. The van der Waals surface area contributed by atoms with Gasteiger partial charge in [0.15, 0.2) is 0 Å². The van der Waals surface area contributed by atoms with E-state index in [0.717, 1.165) is 5.56 Å². The van der Waals surface area contributed by atoms with Crippen LogP contribution in [0.3, 0.4) is 0 Å². The average Bonchev–Trinajstić information content (AvgIpc) is 2.56. The number of carbonyl (C=O) groups is 1. The Hall–Kier alpha value is -1.37. The molecular formula is C17H27BN2O3. The minimum atomic E-state index is -0.701. The van der Waals surface area contributed by atoms with E-state index in [0.29, 0.717) is 26.3 Å². The SMILES string of the molecule is CB(O)N(C)[C@H](C(=O)N1CCOCC1)C(C)(C)c1ccccc1. The van der Waals surface area contributed by atoms with Gasteiger partial charge in [-0.25, -0.2) is 0 Å². The van der Waals surface area contributed by atoms with Crippen molar-refractivity contribution in [3.63, 3.8) is 0 Å². The maximum Gasteiger partial charge on any atom is 0.376 e. The zero-order valence-corrected chi connectivity index (χ0v) is 14.5. The van der Waals surface area contributed by atoms with Crippen molar-refractivity contribution in [2.24, 2.45) is 0 Å². The first kappa shape index (κ1) is 18.0. The van der Waals surface area contributed by atoms with E-state index < -0.39 is 18.5 Å². The molecule has 0 aromatic heterocycles. The number of hydrogen-bond acceptors (Lipinski definition) is 4. The number of hydrogen-bond donors (Lipinski definition) is 1. The molecule has 1 amide bonds. The van der Waals surface area contributed by atoms with Crippen molar-refractivity contribution in [3.8, 4) is 0 Å². The van der Waals surface area contributed by atoms with E-state index >= 15 is 0 Å². The fraction of sp³-hybridized carbons (Fsp3) is 0.588. The summed E-state index contributed by atoms with van der Waals surface area (Å²) in [6.07, 6.45) is 0. The zero-order valence-electron chi connectivity index (χ0n) is 14.5. The van der Waals surface area contributed by atoms with Gasteiger partial charge in [-0.2, -0.15) is 0 Å². The zero-order chi connectivity index (χ0) is 17.0. The van der Waals surface area contributed by atoms with Crippen molar-refractivity contribution in [2.45, 2.75) is 32.1 Å². The van der Waals surface area contributed by atoms with Crippen LogP contribution in [0.2, 0.25) is 6.82 Å². The average molecular weight is 318 g/mol. The van der Waals surface area contributed by atoms with E-state index in [2.05, 4.69) is 13.8 Å². The van der Waals surface area contributed by atoms with Crippen LogP contribution in [-0.2, 0) is 14.9 Å². The van der Waals surface area contributed by atoms with Crippen molar-refractivity contribution in [3.05, 3.63) is 35.9 Å². The minimum absolute atomic E-state index is 0.0468. The Balaban J connectivity index is 2.35. The number of benzene rings is 1. The third-order valence-electron chi connectivity index (χ3n) is 4.75. The van der Waals surface area contributed by atoms with Crippen LogP contribution in [0.25, 0.3) is 0 Å². The van der Waals surface area contributed by atoms with E-state index in [-0.39, 0.29) is 5.91 Å². The molecule has 23 heavy (non-hydrogen) atoms. The van der Waals surface area contributed by atoms with E-state index in [4.69, 9.17) is 4.74 Å². The van der Waals surface area contributed by atoms with Crippen molar-refractivity contribution < 1.29 is 14.6 Å². The summed E-state index contributed by atoms with van der Waals surface area (Å²) in [6.45, 7) is 8.17. The molecule has 0 aliphatic carbocycles. The fourth-order valence-electron chi connectivity index (χ4n) is 3.19. The molecule has 1 aliphatic rings. The van der Waals surface area contributed by atoms with Gasteiger partial charge >= 0.3 is 7.05 Å². The summed E-state index contributed by atoms with van der Waals surface area (Å²) in [7, 11) is 1.10. The summed E-state index contributed by atoms with van der Waals surface area (Å²) < 4.78 is 5.35. The lowest BCUT2D eigenvalue weighted by Crippen LogP contribution is -2.60. The number of nitrogens with zero attached hydrogens (tertiary/aromatic N) is 2. The second-order valence-corrected chi connectivity index (χ2v) is 6.73. The predicted octanol–water partition coefficient (Wildman–Crippen LogP) is 1.23. The van der Waals surface area contributed by atoms with E-state index in [1.807, 2.05) is 35.2 Å². The Morgan fingerprint density at radius 3 is 2.39 bits per heavy atom. The molecule has 6 heteroatoms. The van der Waals surface area contributed by atoms with Crippen LogP contribution in [0.5, 0.6) is 0 Å². The summed E-state index contributed by atoms with van der Waals surface area (Å²) in [6, 6.07) is 9.57. The van der Waals surface area contributed by atoms with Crippen LogP contribution in [0.4, 0.5) is 0 Å². The molecule has 0 unspecified atom stereocenters. The van der Waals surface area contributed by atoms with Crippen LogP contribution in [0.1, 0.15) is 19.4 Å². The largest absolute Gasteiger partial charge is 0.437 e. The maximum absolute atomic E-state index is 13.2. The van der Waals surface area contributed by atoms with Gasteiger partial charge in [-0.15, -0.1) is 0 Å². The Labute approximate surface area is 139 Å². The van der Waals surface area contributed by atoms with Gasteiger partial charge in [0, 0.05) is 18.5 Å². The minimum Gasteiger partial charge on any atom is -0.437 e. The van der Waals surface area contributed by atoms with Gasteiger partial charge < -0.3 is 19.5 Å². The standard InChI is InChI=1S/C17H27BN2O3/c1-17(2,14-8-6-5-7-9-14)15(19(4)18(3)22)16(21)20-10-12-23-13-11-20/h5-9,15,22H,10-13H2,1-4H3/t15-/m1/s1. The number of likely N-dealkylation sites (N-methyl/N-ethyl adjacent to an activating group) is 1. The van der Waals surface area contributed by atoms with Crippen LogP contribution < -0.4 is 0 Å². The normalized spacial score (nSPS) is 17.2. The van der Waals surface area contributed by atoms with Gasteiger partial charge in [-0.3, -0.25) is 4.79 Å². The lowest BCUT2D eigenvalue weighted by Gasteiger charge is -2.43. The smallest absolute Gasteiger partial charge is 0.376 e. The fourth-order valence-corrected chi connectivity index (χ4v) is 3.19. The first-order valence-electron chi connectivity index (χ1n) is 8.17. The highest BCUT2D eigenvalue weighted by molar-refractivity contribution is 6.45. The van der Waals surface area contributed by atoms with Crippen LogP contribution >= 0.6 is 0 Å². The van der Waals surface area contributed by atoms with E-state index in [1.54, 1.807) is 18.7 Å². The number of amides is 1. The highest BCUT2D eigenvalue weighted by atomic mass is 16.5. The monoisotopic (exact) mass is 318 g/mol. The number of morpholine rings is 1. The molecule has 0 spiro atoms. The third kappa shape index (κ3) is 3.94. The topological polar surface area (TPSA) is 53.0 Å². The van der Waals surface area contributed by atoms with Crippen LogP contribution in [-0.4, -0.2) is 67.1 Å². The van der Waals surface area contributed by atoms with Crippen molar-refractivity contribution in [1.82, 2.24) is 9.71 Å². The van der Waals surface area contributed by atoms with Crippen molar-refractivity contribution in [2.75, 3.05) is 33.4 Å². The van der Waals surface area contributed by atoms with Gasteiger partial charge in [0.2, 0.25) is 5.91 Å². The van der Waals surface area contributed by atoms with Gasteiger partial charge in [-0.05, 0) is 19.4 Å². The Morgan fingerprint density at radius 2 is 1.87 bits per heavy atom. The molecule has 1 heterocycles. The molecule has 2 rings (SSSR count). The van der Waals surface area contributed by atoms with Gasteiger partial charge in [0.25, 0.3) is 0 Å². The number of carbonyl (C=O) groups excluding carboxylic acids is 1. The second-order valence-electron chi connectivity index (χ2n) is 6.73. The van der Waals surface area contributed by atoms with E-state index in [1.165, 1.54) is 0 Å². The summed E-state index contributed by atoms with van der Waals surface area (Å²) in [5.41, 5.74) is 0.654. The molecular weight excluding hydrogens is 291 g/mol. The first-order valence-corrected chi connectivity index (χ1v) is 8.17. The lowest BCUT2D eigenvalue weighted by molar-refractivity contribution is -0.141. The van der Waals surface area contributed by atoms with Crippen molar-refractivity contribution >= 4 is 13.0 Å². The molecule has 1 aliphatic heterocycles. The molecule has 1 atom stereocenters. The molecule has 0 saturated carbocycles. The summed E-state index contributed by atoms with van der Waals surface area (Å²) >= 11 is 0. The third-order valence-corrected chi connectivity index (χ3v) is 4.75. The molecule has 5 nitrogen and oxygen atoms in total. The first-order chi connectivity index (χ1) is 10.9. The summed E-state index contributed by atoms with van der Waals surface area (Å²) in [5, 5.41) is 10.1. The van der Waals surface area contributed by atoms with Crippen LogP contribution in [0, 0.1) is 0 Å². The second kappa shape index (κ2) is 7.47. The van der Waals surface area contributed by atoms with E-state index in [9.17, 15) is 9.82 Å². The van der Waals surface area contributed by atoms with Crippen molar-refractivity contribution in [1.29, 1.82) is 0 Å². The van der Waals surface area contributed by atoms with Crippen LogP contribution in [0.15, 0.2) is 30.3 Å². The molecule has 0 radical (unpaired) electrons. The molecule has 1 saturated heterocycles. The molecule has 1 aromatic rings. The number of rotatable bonds is 5. The molecule has 1 aromatic carbocycles. The predicted molar refractivity (Wildman–Crippen MR) is 92.3 cm³/mol. The lowest BCUT2D eigenvalue weighted by atomic mass is 9.71. The summed E-state index contributed by atoms with van der Waals surface area (Å²) in [5.74, 6) is 0.0468. The molecule has 1 fully saturated rings. The molecule has 1 N–H and O–H groups in total. The summed E-state index contributed by atoms with van der Waals surface area (Å²) in [4.78, 5) is 16.8. The van der Waals surface area contributed by atoms with Gasteiger partial charge in [0.05, 0.1) is 19.3 Å². The highest BCUT2D eigenvalue weighted by Gasteiger charge is 2.43. The Kier molecular flexibility index (Phi) is 5.84.